The second kappa shape index (κ2) is 7.71. The molecule has 0 saturated heterocycles. The molecular weight excluding hydrogens is 390 g/mol. The highest BCUT2D eigenvalue weighted by Gasteiger charge is 2.17. The first kappa shape index (κ1) is 19.0. The van der Waals surface area contributed by atoms with Crippen LogP contribution in [-0.4, -0.2) is 41.9 Å². The first-order chi connectivity index (χ1) is 15.1. The van der Waals surface area contributed by atoms with Gasteiger partial charge >= 0.3 is 0 Å². The molecule has 0 saturated carbocycles. The van der Waals surface area contributed by atoms with Crippen LogP contribution in [0.15, 0.2) is 60.8 Å². The summed E-state index contributed by atoms with van der Waals surface area (Å²) < 4.78 is 6.16. The number of amides is 1. The molecule has 0 aliphatic carbocycles. The third-order valence-corrected chi connectivity index (χ3v) is 5.53. The highest BCUT2D eigenvalue weighted by Crippen LogP contribution is 2.29. The molecule has 8 heteroatoms. The molecule has 0 aliphatic rings. The number of pyridine rings is 1. The lowest BCUT2D eigenvalue weighted by Crippen LogP contribution is -2.19. The van der Waals surface area contributed by atoms with Gasteiger partial charge in [-0.2, -0.15) is 5.10 Å². The lowest BCUT2D eigenvalue weighted by Gasteiger charge is -2.10. The van der Waals surface area contributed by atoms with Crippen molar-refractivity contribution in [3.05, 3.63) is 72.2 Å². The molecule has 156 valence electrons. The Morgan fingerprint density at radius 3 is 2.68 bits per heavy atom. The van der Waals surface area contributed by atoms with E-state index in [2.05, 4.69) is 60.9 Å². The number of hydrogen-bond acceptors (Lipinski definition) is 4. The van der Waals surface area contributed by atoms with Crippen molar-refractivity contribution in [1.82, 2.24) is 34.3 Å². The van der Waals surface area contributed by atoms with Crippen molar-refractivity contribution < 1.29 is 4.79 Å². The number of benzene rings is 1. The van der Waals surface area contributed by atoms with Crippen LogP contribution in [0.25, 0.3) is 28.1 Å². The van der Waals surface area contributed by atoms with Crippen molar-refractivity contribution in [3.63, 3.8) is 0 Å². The zero-order chi connectivity index (χ0) is 21.4. The maximum Gasteiger partial charge on any atom is 0.221 e. The number of nitrogens with one attached hydrogen (secondary N) is 1. The van der Waals surface area contributed by atoms with E-state index in [4.69, 9.17) is 5.10 Å². The van der Waals surface area contributed by atoms with Crippen LogP contribution in [0.5, 0.6) is 0 Å². The van der Waals surface area contributed by atoms with Crippen molar-refractivity contribution in [2.45, 2.75) is 26.4 Å². The Morgan fingerprint density at radius 2 is 1.87 bits per heavy atom. The molecule has 5 rings (SSSR count). The van der Waals surface area contributed by atoms with Gasteiger partial charge in [-0.05, 0) is 36.8 Å². The average Bonchev–Trinajstić information content (AvgIpc) is 3.50. The van der Waals surface area contributed by atoms with Crippen molar-refractivity contribution in [2.24, 2.45) is 0 Å². The topological polar surface area (TPSA) is 82.0 Å². The number of aromatic nitrogens is 6. The van der Waals surface area contributed by atoms with E-state index in [-0.39, 0.29) is 5.91 Å². The highest BCUT2D eigenvalue weighted by molar-refractivity contribution is 5.86. The molecule has 0 aliphatic heterocycles. The fourth-order valence-electron chi connectivity index (χ4n) is 3.95. The number of carbonyl (C=O) groups excluding carboxylic acids is 1. The van der Waals surface area contributed by atoms with E-state index < -0.39 is 0 Å². The first-order valence-corrected chi connectivity index (χ1v) is 10.3. The lowest BCUT2D eigenvalue weighted by molar-refractivity contribution is -0.120. The molecule has 31 heavy (non-hydrogen) atoms. The Balaban J connectivity index is 1.63. The molecule has 0 radical (unpaired) electrons. The number of rotatable bonds is 6. The normalized spacial score (nSPS) is 11.4. The van der Waals surface area contributed by atoms with Gasteiger partial charge in [0.1, 0.15) is 11.5 Å². The monoisotopic (exact) mass is 413 g/mol. The van der Waals surface area contributed by atoms with Crippen LogP contribution in [0, 0.1) is 6.92 Å². The van der Waals surface area contributed by atoms with Crippen LogP contribution in [0.1, 0.15) is 17.8 Å². The summed E-state index contributed by atoms with van der Waals surface area (Å²) in [5.74, 6) is 0.848. The Kier molecular flexibility index (Phi) is 4.74. The molecule has 4 heterocycles. The minimum atomic E-state index is 0.000663. The largest absolute Gasteiger partial charge is 0.359 e. The summed E-state index contributed by atoms with van der Waals surface area (Å²) in [6, 6.07) is 18.6. The minimum absolute atomic E-state index is 0.000663. The van der Waals surface area contributed by atoms with Crippen molar-refractivity contribution >= 4 is 22.6 Å². The zero-order valence-corrected chi connectivity index (χ0v) is 17.5. The van der Waals surface area contributed by atoms with Crippen LogP contribution in [0.3, 0.4) is 0 Å². The number of aryl methyl sites for hydroxylation is 2. The Morgan fingerprint density at radius 1 is 1.03 bits per heavy atom. The quantitative estimate of drug-likeness (QED) is 0.464. The van der Waals surface area contributed by atoms with E-state index in [1.54, 1.807) is 7.05 Å². The standard InChI is InChI=1S/C23H23N7O/c1-16-25-26-22-9-8-19-21(30(16)22)14-20(29(19)15-17-6-4-3-5-7-17)18-10-12-28(27-18)13-11-23(31)24-2/h3-10,12,14H,11,13,15H2,1-2H3,(H,24,31). The van der Waals surface area contributed by atoms with Gasteiger partial charge in [0.2, 0.25) is 5.91 Å². The molecule has 0 fully saturated rings. The Bertz CT molecular complexity index is 1380. The molecular formula is C23H23N7O. The second-order valence-corrected chi connectivity index (χ2v) is 7.53. The van der Waals surface area contributed by atoms with E-state index >= 15 is 0 Å². The van der Waals surface area contributed by atoms with Gasteiger partial charge in [0, 0.05) is 32.8 Å². The summed E-state index contributed by atoms with van der Waals surface area (Å²) >= 11 is 0. The maximum atomic E-state index is 11.6. The predicted octanol–water partition coefficient (Wildman–Crippen LogP) is 3.04. The highest BCUT2D eigenvalue weighted by atomic mass is 16.1. The molecule has 0 spiro atoms. The first-order valence-electron chi connectivity index (χ1n) is 10.3. The van der Waals surface area contributed by atoms with Gasteiger partial charge < -0.3 is 9.88 Å². The summed E-state index contributed by atoms with van der Waals surface area (Å²) in [5, 5.41) is 15.9. The molecule has 0 bridgehead atoms. The fraction of sp³-hybridized carbons (Fsp3) is 0.217. The van der Waals surface area contributed by atoms with Gasteiger partial charge in [-0.15, -0.1) is 10.2 Å². The third-order valence-electron chi connectivity index (χ3n) is 5.53. The van der Waals surface area contributed by atoms with E-state index in [0.29, 0.717) is 13.0 Å². The maximum absolute atomic E-state index is 11.6. The van der Waals surface area contributed by atoms with Gasteiger partial charge in [0.15, 0.2) is 5.65 Å². The van der Waals surface area contributed by atoms with E-state index in [1.165, 1.54) is 5.56 Å². The minimum Gasteiger partial charge on any atom is -0.359 e. The molecule has 8 nitrogen and oxygen atoms in total. The molecule has 0 atom stereocenters. The number of fused-ring (bicyclic) bond motifs is 3. The zero-order valence-electron chi connectivity index (χ0n) is 17.5. The van der Waals surface area contributed by atoms with Gasteiger partial charge in [-0.1, -0.05) is 30.3 Å². The summed E-state index contributed by atoms with van der Waals surface area (Å²) in [7, 11) is 1.65. The lowest BCUT2D eigenvalue weighted by atomic mass is 10.2. The number of carbonyl (C=O) groups is 1. The summed E-state index contributed by atoms with van der Waals surface area (Å²) in [4.78, 5) is 11.6. The van der Waals surface area contributed by atoms with Gasteiger partial charge in [0.25, 0.3) is 0 Å². The number of hydrogen-bond donors (Lipinski definition) is 1. The molecule has 1 N–H and O–H groups in total. The van der Waals surface area contributed by atoms with Gasteiger partial charge in [0.05, 0.1) is 16.7 Å². The molecule has 0 unspecified atom stereocenters. The van der Waals surface area contributed by atoms with Crippen LogP contribution in [0.2, 0.25) is 0 Å². The van der Waals surface area contributed by atoms with Gasteiger partial charge in [-0.3, -0.25) is 13.9 Å². The van der Waals surface area contributed by atoms with E-state index in [0.717, 1.165) is 40.4 Å². The third kappa shape index (κ3) is 3.46. The molecule has 1 aromatic carbocycles. The van der Waals surface area contributed by atoms with E-state index in [9.17, 15) is 4.79 Å². The Hall–Kier alpha value is -3.94. The fourth-order valence-corrected chi connectivity index (χ4v) is 3.95. The van der Waals surface area contributed by atoms with Crippen molar-refractivity contribution in [1.29, 1.82) is 0 Å². The van der Waals surface area contributed by atoms with Crippen molar-refractivity contribution in [3.8, 4) is 11.4 Å². The predicted molar refractivity (Wildman–Crippen MR) is 119 cm³/mol. The molecule has 1 amide bonds. The van der Waals surface area contributed by atoms with Crippen LogP contribution in [-0.2, 0) is 17.9 Å². The summed E-state index contributed by atoms with van der Waals surface area (Å²) in [6.45, 7) is 3.21. The summed E-state index contributed by atoms with van der Waals surface area (Å²) in [5.41, 5.74) is 6.05. The van der Waals surface area contributed by atoms with Crippen LogP contribution >= 0.6 is 0 Å². The van der Waals surface area contributed by atoms with E-state index in [1.807, 2.05) is 36.0 Å². The SMILES string of the molecule is CNC(=O)CCn1ccc(-c2cc3c(ccc4nnc(C)n43)n2Cc2ccccc2)n1. The smallest absolute Gasteiger partial charge is 0.221 e. The Labute approximate surface area is 179 Å². The average molecular weight is 413 g/mol. The molecule has 5 aromatic rings. The van der Waals surface area contributed by atoms with Crippen molar-refractivity contribution in [2.75, 3.05) is 7.05 Å². The summed E-state index contributed by atoms with van der Waals surface area (Å²) in [6.07, 6.45) is 2.31. The molecule has 4 aromatic heterocycles. The second-order valence-electron chi connectivity index (χ2n) is 7.53. The number of nitrogens with zero attached hydrogens (tertiary/aromatic N) is 6. The van der Waals surface area contributed by atoms with Gasteiger partial charge in [-0.25, -0.2) is 0 Å². The van der Waals surface area contributed by atoms with Crippen LogP contribution in [0.4, 0.5) is 0 Å². The van der Waals surface area contributed by atoms with Crippen LogP contribution < -0.4 is 5.32 Å².